The van der Waals surface area contributed by atoms with Crippen LogP contribution in [0.5, 0.6) is 0 Å². The quantitative estimate of drug-likeness (QED) is 0.631. The average Bonchev–Trinajstić information content (AvgIpc) is 2.79. The molecule has 0 unspecified atom stereocenters. The first kappa shape index (κ1) is 14.4. The summed E-state index contributed by atoms with van der Waals surface area (Å²) in [5, 5.41) is 1.19. The van der Waals surface area contributed by atoms with Gasteiger partial charge < -0.3 is 4.57 Å². The van der Waals surface area contributed by atoms with Gasteiger partial charge in [-0.3, -0.25) is 0 Å². The zero-order valence-electron chi connectivity index (χ0n) is 11.8. The molecule has 3 nitrogen and oxygen atoms in total. The van der Waals surface area contributed by atoms with Gasteiger partial charge in [-0.25, -0.2) is 9.97 Å². The van der Waals surface area contributed by atoms with Crippen molar-refractivity contribution in [2.45, 2.75) is 20.4 Å². The molecule has 21 heavy (non-hydrogen) atoms. The predicted octanol–water partition coefficient (Wildman–Crippen LogP) is 5.06. The molecule has 0 aliphatic carbocycles. The van der Waals surface area contributed by atoms with Crippen LogP contribution in [0.1, 0.15) is 13.8 Å². The Morgan fingerprint density at radius 3 is 2.62 bits per heavy atom. The van der Waals surface area contributed by atoms with Gasteiger partial charge in [-0.1, -0.05) is 43.1 Å². The van der Waals surface area contributed by atoms with Crippen molar-refractivity contribution in [2.24, 2.45) is 5.92 Å². The van der Waals surface area contributed by atoms with E-state index < -0.39 is 0 Å². The Morgan fingerprint density at radius 2 is 1.95 bits per heavy atom. The van der Waals surface area contributed by atoms with Crippen molar-refractivity contribution in [3.63, 3.8) is 0 Å². The van der Waals surface area contributed by atoms with E-state index in [1.54, 1.807) is 12.3 Å². The van der Waals surface area contributed by atoms with Crippen molar-refractivity contribution >= 4 is 34.2 Å². The van der Waals surface area contributed by atoms with Crippen molar-refractivity contribution in [3.05, 3.63) is 46.7 Å². The standard InChI is InChI=1S/C16H15Cl2N3/c1-10(2)9-21-15-12(17)4-3-5-13(15)20-16(21)11-6-7-14(18)19-8-11/h3-8,10H,9H2,1-2H3. The first-order valence-electron chi connectivity index (χ1n) is 6.83. The van der Waals surface area contributed by atoms with Gasteiger partial charge in [0.1, 0.15) is 11.0 Å². The fourth-order valence-corrected chi connectivity index (χ4v) is 2.80. The highest BCUT2D eigenvalue weighted by atomic mass is 35.5. The van der Waals surface area contributed by atoms with Crippen LogP contribution in [0.3, 0.4) is 0 Å². The second-order valence-corrected chi connectivity index (χ2v) is 6.21. The molecular formula is C16H15Cl2N3. The number of nitrogens with zero attached hydrogens (tertiary/aromatic N) is 3. The van der Waals surface area contributed by atoms with Crippen LogP contribution in [0, 0.1) is 5.92 Å². The molecule has 1 aromatic carbocycles. The summed E-state index contributed by atoms with van der Waals surface area (Å²) in [5.41, 5.74) is 2.80. The highest BCUT2D eigenvalue weighted by Gasteiger charge is 2.16. The van der Waals surface area contributed by atoms with Gasteiger partial charge in [-0.15, -0.1) is 0 Å². The van der Waals surface area contributed by atoms with Gasteiger partial charge >= 0.3 is 0 Å². The van der Waals surface area contributed by atoms with E-state index in [1.807, 2.05) is 24.3 Å². The monoisotopic (exact) mass is 319 g/mol. The molecule has 0 spiro atoms. The van der Waals surface area contributed by atoms with Crippen LogP contribution in [-0.2, 0) is 6.54 Å². The number of benzene rings is 1. The number of para-hydroxylation sites is 1. The van der Waals surface area contributed by atoms with Crippen LogP contribution in [0.25, 0.3) is 22.4 Å². The zero-order valence-corrected chi connectivity index (χ0v) is 13.4. The van der Waals surface area contributed by atoms with E-state index in [-0.39, 0.29) is 0 Å². The van der Waals surface area contributed by atoms with Gasteiger partial charge in [-0.2, -0.15) is 0 Å². The fourth-order valence-electron chi connectivity index (χ4n) is 2.41. The van der Waals surface area contributed by atoms with Gasteiger partial charge in [-0.05, 0) is 30.2 Å². The topological polar surface area (TPSA) is 30.7 Å². The van der Waals surface area contributed by atoms with E-state index in [4.69, 9.17) is 28.2 Å². The number of aromatic nitrogens is 3. The van der Waals surface area contributed by atoms with Crippen LogP contribution in [0.15, 0.2) is 36.5 Å². The molecule has 0 amide bonds. The minimum atomic E-state index is 0.475. The molecule has 0 N–H and O–H groups in total. The maximum absolute atomic E-state index is 6.37. The minimum absolute atomic E-state index is 0.475. The van der Waals surface area contributed by atoms with Crippen molar-refractivity contribution in [3.8, 4) is 11.4 Å². The van der Waals surface area contributed by atoms with Crippen molar-refractivity contribution < 1.29 is 0 Å². The maximum atomic E-state index is 6.37. The van der Waals surface area contributed by atoms with Crippen LogP contribution in [0.4, 0.5) is 0 Å². The van der Waals surface area contributed by atoms with E-state index in [1.165, 1.54) is 0 Å². The van der Waals surface area contributed by atoms with Crippen LogP contribution in [0.2, 0.25) is 10.2 Å². The SMILES string of the molecule is CC(C)Cn1c(-c2ccc(Cl)nc2)nc2cccc(Cl)c21. The number of hydrogen-bond acceptors (Lipinski definition) is 2. The molecular weight excluding hydrogens is 305 g/mol. The number of rotatable bonds is 3. The lowest BCUT2D eigenvalue weighted by molar-refractivity contribution is 0.536. The lowest BCUT2D eigenvalue weighted by Crippen LogP contribution is -2.06. The Labute approximate surface area is 133 Å². The second-order valence-electron chi connectivity index (χ2n) is 5.42. The molecule has 3 rings (SSSR count). The summed E-state index contributed by atoms with van der Waals surface area (Å²) in [6.45, 7) is 5.19. The largest absolute Gasteiger partial charge is 0.322 e. The van der Waals surface area contributed by atoms with Crippen LogP contribution < -0.4 is 0 Å². The summed E-state index contributed by atoms with van der Waals surface area (Å²) >= 11 is 12.2. The Bertz CT molecular complexity index is 776. The van der Waals surface area contributed by atoms with E-state index >= 15 is 0 Å². The van der Waals surface area contributed by atoms with E-state index in [9.17, 15) is 0 Å². The molecule has 0 aliphatic heterocycles. The zero-order chi connectivity index (χ0) is 15.0. The van der Waals surface area contributed by atoms with Gasteiger partial charge in [0.2, 0.25) is 0 Å². The molecule has 0 bridgehead atoms. The van der Waals surface area contributed by atoms with Gasteiger partial charge in [0.25, 0.3) is 0 Å². The van der Waals surface area contributed by atoms with Crippen LogP contribution >= 0.6 is 23.2 Å². The van der Waals surface area contributed by atoms with Gasteiger partial charge in [0.05, 0.1) is 16.1 Å². The lowest BCUT2D eigenvalue weighted by Gasteiger charge is -2.12. The number of fused-ring (bicyclic) bond motifs is 1. The third kappa shape index (κ3) is 2.76. The highest BCUT2D eigenvalue weighted by molar-refractivity contribution is 6.35. The fraction of sp³-hybridized carbons (Fsp3) is 0.250. The molecule has 0 fully saturated rings. The van der Waals surface area contributed by atoms with E-state index in [0.717, 1.165) is 29.0 Å². The molecule has 0 aliphatic rings. The number of halogens is 2. The normalized spacial score (nSPS) is 11.5. The molecule has 2 aromatic heterocycles. The minimum Gasteiger partial charge on any atom is -0.322 e. The molecule has 3 aromatic rings. The Morgan fingerprint density at radius 1 is 1.14 bits per heavy atom. The molecule has 0 saturated heterocycles. The first-order chi connectivity index (χ1) is 10.1. The molecule has 108 valence electrons. The van der Waals surface area contributed by atoms with E-state index in [0.29, 0.717) is 16.1 Å². The number of imidazole rings is 1. The maximum Gasteiger partial charge on any atom is 0.142 e. The summed E-state index contributed by atoms with van der Waals surface area (Å²) in [5.74, 6) is 1.36. The number of hydrogen-bond donors (Lipinski definition) is 0. The smallest absolute Gasteiger partial charge is 0.142 e. The summed E-state index contributed by atoms with van der Waals surface area (Å²) < 4.78 is 2.16. The molecule has 5 heteroatoms. The number of pyridine rings is 1. The average molecular weight is 320 g/mol. The first-order valence-corrected chi connectivity index (χ1v) is 7.58. The summed E-state index contributed by atoms with van der Waals surface area (Å²) in [6.07, 6.45) is 1.74. The summed E-state index contributed by atoms with van der Waals surface area (Å²) in [7, 11) is 0. The summed E-state index contributed by atoms with van der Waals surface area (Å²) in [6, 6.07) is 9.50. The van der Waals surface area contributed by atoms with Gasteiger partial charge in [0.15, 0.2) is 0 Å². The van der Waals surface area contributed by atoms with Crippen molar-refractivity contribution in [2.75, 3.05) is 0 Å². The molecule has 2 heterocycles. The Kier molecular flexibility index (Phi) is 3.87. The third-order valence-electron chi connectivity index (χ3n) is 3.25. The molecule has 0 saturated carbocycles. The summed E-state index contributed by atoms with van der Waals surface area (Å²) in [4.78, 5) is 8.87. The van der Waals surface area contributed by atoms with Crippen molar-refractivity contribution in [1.29, 1.82) is 0 Å². The predicted molar refractivity (Wildman–Crippen MR) is 87.8 cm³/mol. The Hall–Kier alpha value is -1.58. The van der Waals surface area contributed by atoms with Crippen LogP contribution in [-0.4, -0.2) is 14.5 Å². The van der Waals surface area contributed by atoms with Crippen molar-refractivity contribution in [1.82, 2.24) is 14.5 Å². The Balaban J connectivity index is 2.26. The second kappa shape index (κ2) is 5.66. The molecule has 0 radical (unpaired) electrons. The van der Waals surface area contributed by atoms with Gasteiger partial charge in [0, 0.05) is 18.3 Å². The lowest BCUT2D eigenvalue weighted by atomic mass is 10.2. The highest BCUT2D eigenvalue weighted by Crippen LogP contribution is 2.30. The molecule has 0 atom stereocenters. The van der Waals surface area contributed by atoms with E-state index in [2.05, 4.69) is 23.4 Å². The third-order valence-corrected chi connectivity index (χ3v) is 3.78.